The summed E-state index contributed by atoms with van der Waals surface area (Å²) in [6.07, 6.45) is 0. The summed E-state index contributed by atoms with van der Waals surface area (Å²) >= 11 is 0. The lowest BCUT2D eigenvalue weighted by molar-refractivity contribution is 0.0698. The molecule has 1 aliphatic heterocycles. The second-order valence-electron chi connectivity index (χ2n) is 6.92. The number of sulfonamides is 1. The van der Waals surface area contributed by atoms with E-state index in [0.717, 1.165) is 11.1 Å². The van der Waals surface area contributed by atoms with Gasteiger partial charge in [-0.25, -0.2) is 8.42 Å². The molecule has 0 aliphatic carbocycles. The van der Waals surface area contributed by atoms with Gasteiger partial charge in [0.1, 0.15) is 0 Å². The molecule has 0 bridgehead atoms. The lowest BCUT2D eigenvalue weighted by Crippen LogP contribution is -2.50. The summed E-state index contributed by atoms with van der Waals surface area (Å²) in [6, 6.07) is 25.8. The van der Waals surface area contributed by atoms with Crippen LogP contribution in [0.1, 0.15) is 10.4 Å². The summed E-state index contributed by atoms with van der Waals surface area (Å²) in [7, 11) is -3.53. The number of hydrogen-bond acceptors (Lipinski definition) is 3. The third kappa shape index (κ3) is 3.95. The number of hydrogen-bond donors (Lipinski definition) is 0. The SMILES string of the molecule is O=C(c1ccccc1-c1ccccc1)N1CCN(S(=O)(=O)c2ccccc2)CC1. The van der Waals surface area contributed by atoms with Crippen LogP contribution in [-0.2, 0) is 10.0 Å². The lowest BCUT2D eigenvalue weighted by atomic mass is 9.99. The number of rotatable bonds is 4. The van der Waals surface area contributed by atoms with Gasteiger partial charge in [0.25, 0.3) is 5.91 Å². The molecule has 29 heavy (non-hydrogen) atoms. The summed E-state index contributed by atoms with van der Waals surface area (Å²) in [6.45, 7) is 1.31. The van der Waals surface area contributed by atoms with Gasteiger partial charge in [-0.15, -0.1) is 0 Å². The molecule has 1 heterocycles. The fourth-order valence-corrected chi connectivity index (χ4v) is 5.03. The molecule has 0 radical (unpaired) electrons. The van der Waals surface area contributed by atoms with Crippen molar-refractivity contribution in [2.45, 2.75) is 4.90 Å². The summed E-state index contributed by atoms with van der Waals surface area (Å²) < 4.78 is 27.0. The molecule has 0 unspecified atom stereocenters. The van der Waals surface area contributed by atoms with E-state index in [1.54, 1.807) is 35.2 Å². The fourth-order valence-electron chi connectivity index (χ4n) is 3.58. The molecule has 3 aromatic rings. The minimum absolute atomic E-state index is 0.0683. The van der Waals surface area contributed by atoms with Crippen molar-refractivity contribution in [3.05, 3.63) is 90.5 Å². The third-order valence-corrected chi connectivity index (χ3v) is 7.06. The quantitative estimate of drug-likeness (QED) is 0.666. The van der Waals surface area contributed by atoms with Crippen LogP contribution in [0.25, 0.3) is 11.1 Å². The van der Waals surface area contributed by atoms with E-state index in [4.69, 9.17) is 0 Å². The number of carbonyl (C=O) groups is 1. The normalized spacial score (nSPS) is 15.2. The minimum Gasteiger partial charge on any atom is -0.336 e. The van der Waals surface area contributed by atoms with E-state index in [1.165, 1.54) is 4.31 Å². The van der Waals surface area contributed by atoms with Gasteiger partial charge in [-0.2, -0.15) is 4.31 Å². The lowest BCUT2D eigenvalue weighted by Gasteiger charge is -2.34. The standard InChI is InChI=1S/C23H22N2O3S/c26-23(22-14-8-7-13-21(22)19-9-3-1-4-10-19)24-15-17-25(18-16-24)29(27,28)20-11-5-2-6-12-20/h1-14H,15-18H2. The maximum absolute atomic E-state index is 13.2. The predicted octanol–water partition coefficient (Wildman–Crippen LogP) is 3.50. The van der Waals surface area contributed by atoms with E-state index in [0.29, 0.717) is 18.7 Å². The maximum Gasteiger partial charge on any atom is 0.254 e. The molecule has 0 saturated carbocycles. The zero-order valence-corrected chi connectivity index (χ0v) is 16.8. The number of carbonyl (C=O) groups excluding carboxylic acids is 1. The smallest absolute Gasteiger partial charge is 0.254 e. The van der Waals surface area contributed by atoms with Crippen molar-refractivity contribution in [2.24, 2.45) is 0 Å². The van der Waals surface area contributed by atoms with Gasteiger partial charge in [0.05, 0.1) is 4.90 Å². The zero-order chi connectivity index (χ0) is 20.3. The number of nitrogens with zero attached hydrogens (tertiary/aromatic N) is 2. The molecule has 3 aromatic carbocycles. The van der Waals surface area contributed by atoms with Gasteiger partial charge in [-0.05, 0) is 29.3 Å². The molecule has 0 atom stereocenters. The number of amides is 1. The Morgan fingerprint density at radius 2 is 1.24 bits per heavy atom. The summed E-state index contributed by atoms with van der Waals surface area (Å²) in [5.41, 5.74) is 2.51. The van der Waals surface area contributed by atoms with Crippen LogP contribution in [0, 0.1) is 0 Å². The Morgan fingerprint density at radius 3 is 1.90 bits per heavy atom. The van der Waals surface area contributed by atoms with Crippen molar-refractivity contribution < 1.29 is 13.2 Å². The first-order valence-corrected chi connectivity index (χ1v) is 11.0. The highest BCUT2D eigenvalue weighted by molar-refractivity contribution is 7.89. The third-order valence-electron chi connectivity index (χ3n) is 5.15. The first kappa shape index (κ1) is 19.4. The fraction of sp³-hybridized carbons (Fsp3) is 0.174. The van der Waals surface area contributed by atoms with E-state index in [1.807, 2.05) is 54.6 Å². The number of piperazine rings is 1. The van der Waals surface area contributed by atoms with Gasteiger partial charge in [0, 0.05) is 31.7 Å². The highest BCUT2D eigenvalue weighted by atomic mass is 32.2. The van der Waals surface area contributed by atoms with Crippen molar-refractivity contribution in [3.63, 3.8) is 0 Å². The summed E-state index contributed by atoms with van der Waals surface area (Å²) in [4.78, 5) is 15.2. The molecule has 0 spiro atoms. The molecule has 4 rings (SSSR count). The Bertz CT molecular complexity index is 1090. The Labute approximate surface area is 171 Å². The molecule has 0 aromatic heterocycles. The van der Waals surface area contributed by atoms with E-state index in [9.17, 15) is 13.2 Å². The highest BCUT2D eigenvalue weighted by Crippen LogP contribution is 2.25. The van der Waals surface area contributed by atoms with E-state index in [2.05, 4.69) is 0 Å². The van der Waals surface area contributed by atoms with Gasteiger partial charge < -0.3 is 4.90 Å². The van der Waals surface area contributed by atoms with Crippen LogP contribution < -0.4 is 0 Å². The molecule has 1 fully saturated rings. The van der Waals surface area contributed by atoms with Crippen molar-refractivity contribution in [2.75, 3.05) is 26.2 Å². The van der Waals surface area contributed by atoms with Crippen molar-refractivity contribution >= 4 is 15.9 Å². The van der Waals surface area contributed by atoms with Gasteiger partial charge >= 0.3 is 0 Å². The largest absolute Gasteiger partial charge is 0.336 e. The summed E-state index contributed by atoms with van der Waals surface area (Å²) in [5, 5.41) is 0. The number of benzene rings is 3. The van der Waals surface area contributed by atoms with Crippen LogP contribution in [0.2, 0.25) is 0 Å². The van der Waals surface area contributed by atoms with Crippen LogP contribution in [0.4, 0.5) is 0 Å². The first-order chi connectivity index (χ1) is 14.1. The Kier molecular flexibility index (Phi) is 5.47. The maximum atomic E-state index is 13.2. The zero-order valence-electron chi connectivity index (χ0n) is 15.9. The molecule has 5 nitrogen and oxygen atoms in total. The van der Waals surface area contributed by atoms with E-state index < -0.39 is 10.0 Å². The molecular formula is C23H22N2O3S. The minimum atomic E-state index is -3.53. The molecule has 1 aliphatic rings. The molecule has 148 valence electrons. The van der Waals surface area contributed by atoms with Gasteiger partial charge in [-0.1, -0.05) is 66.7 Å². The predicted molar refractivity (Wildman–Crippen MR) is 113 cm³/mol. The molecule has 1 saturated heterocycles. The second kappa shape index (κ2) is 8.19. The van der Waals surface area contributed by atoms with Crippen LogP contribution in [0.5, 0.6) is 0 Å². The molecule has 0 N–H and O–H groups in total. The Morgan fingerprint density at radius 1 is 0.690 bits per heavy atom. The second-order valence-corrected chi connectivity index (χ2v) is 8.86. The molecule has 6 heteroatoms. The van der Waals surface area contributed by atoms with E-state index in [-0.39, 0.29) is 23.9 Å². The average molecular weight is 407 g/mol. The van der Waals surface area contributed by atoms with Gasteiger partial charge in [0.15, 0.2) is 0 Å². The van der Waals surface area contributed by atoms with Crippen LogP contribution in [0.15, 0.2) is 89.8 Å². The van der Waals surface area contributed by atoms with Crippen molar-refractivity contribution in [1.82, 2.24) is 9.21 Å². The first-order valence-electron chi connectivity index (χ1n) is 9.56. The molecule has 1 amide bonds. The highest BCUT2D eigenvalue weighted by Gasteiger charge is 2.30. The average Bonchev–Trinajstić information content (AvgIpc) is 2.80. The van der Waals surface area contributed by atoms with Gasteiger partial charge in [0.2, 0.25) is 10.0 Å². The monoisotopic (exact) mass is 406 g/mol. The topological polar surface area (TPSA) is 57.7 Å². The van der Waals surface area contributed by atoms with Gasteiger partial charge in [-0.3, -0.25) is 4.79 Å². The van der Waals surface area contributed by atoms with E-state index >= 15 is 0 Å². The summed E-state index contributed by atoms with van der Waals surface area (Å²) in [5.74, 6) is -0.0683. The molecular weight excluding hydrogens is 384 g/mol. The van der Waals surface area contributed by atoms with Crippen molar-refractivity contribution in [3.8, 4) is 11.1 Å². The van der Waals surface area contributed by atoms with Crippen molar-refractivity contribution in [1.29, 1.82) is 0 Å². The Balaban J connectivity index is 1.51. The van der Waals surface area contributed by atoms with Crippen LogP contribution in [0.3, 0.4) is 0 Å². The Hall–Kier alpha value is -2.96. The van der Waals surface area contributed by atoms with Crippen LogP contribution in [-0.4, -0.2) is 49.7 Å². The van der Waals surface area contributed by atoms with Crippen LogP contribution >= 0.6 is 0 Å².